The number of alkyl carbamates (subject to hydrolysis) is 1. The Morgan fingerprint density at radius 1 is 1.38 bits per heavy atom. The molecule has 1 aromatic carbocycles. The van der Waals surface area contributed by atoms with Crippen molar-refractivity contribution in [2.45, 2.75) is 39.0 Å². The molecule has 1 N–H and O–H groups in total. The van der Waals surface area contributed by atoms with Gasteiger partial charge < -0.3 is 19.5 Å². The average molecular weight is 360 g/mol. The van der Waals surface area contributed by atoms with E-state index < -0.39 is 23.7 Å². The van der Waals surface area contributed by atoms with Crippen LogP contribution in [0.2, 0.25) is 0 Å². The zero-order valence-corrected chi connectivity index (χ0v) is 15.3. The van der Waals surface area contributed by atoms with Crippen LogP contribution in [0.3, 0.4) is 0 Å². The normalized spacial score (nSPS) is 11.8. The van der Waals surface area contributed by atoms with Gasteiger partial charge in [-0.2, -0.15) is 5.26 Å². The van der Waals surface area contributed by atoms with Gasteiger partial charge in [0.1, 0.15) is 18.2 Å². The van der Waals surface area contributed by atoms with E-state index in [4.69, 9.17) is 19.5 Å². The predicted molar refractivity (Wildman–Crippen MR) is 95.3 cm³/mol. The van der Waals surface area contributed by atoms with Crippen LogP contribution in [0.1, 0.15) is 36.7 Å². The second-order valence-corrected chi connectivity index (χ2v) is 6.43. The Labute approximate surface area is 153 Å². The molecule has 0 saturated heterocycles. The molecule has 0 aliphatic rings. The summed E-state index contributed by atoms with van der Waals surface area (Å²) in [7, 11) is 0. The molecule has 0 aliphatic carbocycles. The van der Waals surface area contributed by atoms with E-state index in [-0.39, 0.29) is 19.8 Å². The third kappa shape index (κ3) is 8.31. The molecular weight excluding hydrogens is 336 g/mol. The van der Waals surface area contributed by atoms with Gasteiger partial charge >= 0.3 is 12.1 Å². The monoisotopic (exact) mass is 360 g/mol. The molecule has 0 fully saturated rings. The Kier molecular flexibility index (Phi) is 8.32. The molecule has 0 bridgehead atoms. The van der Waals surface area contributed by atoms with Crippen LogP contribution in [0.25, 0.3) is 0 Å². The quantitative estimate of drug-likeness (QED) is 0.565. The number of hydrogen-bond donors (Lipinski definition) is 1. The Balaban J connectivity index is 2.51. The van der Waals surface area contributed by atoms with E-state index in [1.54, 1.807) is 45.0 Å². The Hall–Kier alpha value is -2.85. The number of carbonyl (C=O) groups excluding carboxylic acids is 2. The molecule has 0 aromatic heterocycles. The number of nitrogens with zero attached hydrogens (tertiary/aromatic N) is 1. The lowest BCUT2D eigenvalue weighted by Crippen LogP contribution is -2.40. The topological polar surface area (TPSA) is 97.6 Å². The first-order chi connectivity index (χ1) is 12.2. The number of nitrogens with one attached hydrogen (secondary N) is 1. The van der Waals surface area contributed by atoms with Crippen LogP contribution in [0.5, 0.6) is 0 Å². The van der Waals surface area contributed by atoms with E-state index >= 15 is 0 Å². The highest BCUT2D eigenvalue weighted by atomic mass is 16.6. The number of nitriles is 1. The van der Waals surface area contributed by atoms with Gasteiger partial charge in [0.15, 0.2) is 0 Å². The van der Waals surface area contributed by atoms with E-state index in [0.717, 1.165) is 5.56 Å². The maximum Gasteiger partial charge on any atom is 0.408 e. The highest BCUT2D eigenvalue weighted by molar-refractivity contribution is 5.89. The molecule has 1 rings (SSSR count). The maximum absolute atomic E-state index is 11.8. The summed E-state index contributed by atoms with van der Waals surface area (Å²) < 4.78 is 15.5. The van der Waals surface area contributed by atoms with Crippen molar-refractivity contribution in [1.29, 1.82) is 5.26 Å². The molecule has 1 amide bonds. The zero-order chi connectivity index (χ0) is 19.6. The molecule has 7 nitrogen and oxygen atoms in total. The van der Waals surface area contributed by atoms with Gasteiger partial charge in [-0.15, -0.1) is 0 Å². The van der Waals surface area contributed by atoms with Crippen molar-refractivity contribution in [3.05, 3.63) is 48.0 Å². The Morgan fingerprint density at radius 2 is 2.12 bits per heavy atom. The second-order valence-electron chi connectivity index (χ2n) is 6.43. The van der Waals surface area contributed by atoms with Crippen LogP contribution in [0, 0.1) is 11.3 Å². The summed E-state index contributed by atoms with van der Waals surface area (Å²) in [5, 5.41) is 11.5. The molecule has 1 aromatic rings. The Bertz CT molecular complexity index is 673. The van der Waals surface area contributed by atoms with E-state index in [0.29, 0.717) is 5.56 Å². The molecule has 1 atom stereocenters. The fourth-order valence-electron chi connectivity index (χ4n) is 1.86. The maximum atomic E-state index is 11.8. The van der Waals surface area contributed by atoms with Crippen LogP contribution in [-0.2, 0) is 20.8 Å². The fraction of sp³-hybridized carbons (Fsp3) is 0.421. The van der Waals surface area contributed by atoms with Crippen LogP contribution in [-0.4, -0.2) is 36.9 Å². The summed E-state index contributed by atoms with van der Waals surface area (Å²) in [5.41, 5.74) is 0.495. The van der Waals surface area contributed by atoms with Gasteiger partial charge in [0.25, 0.3) is 0 Å². The standard InChI is InChI=1S/C19H24N2O5/c1-5-9-25-17(22)15-8-6-7-14(10-15)12-24-13-16(11-20)21-18(23)26-19(2,3)4/h5-8,10,16H,1,9,12-13H2,2-4H3,(H,21,23)/t16-/m1/s1. The first-order valence-corrected chi connectivity index (χ1v) is 8.09. The number of rotatable bonds is 8. The van der Waals surface area contributed by atoms with Gasteiger partial charge in [-0.3, -0.25) is 0 Å². The predicted octanol–water partition coefficient (Wildman–Crippen LogP) is 2.96. The van der Waals surface area contributed by atoms with Crippen molar-refractivity contribution in [3.63, 3.8) is 0 Å². The van der Waals surface area contributed by atoms with E-state index in [9.17, 15) is 9.59 Å². The second kappa shape index (κ2) is 10.2. The Morgan fingerprint density at radius 3 is 2.73 bits per heavy atom. The van der Waals surface area contributed by atoms with Gasteiger partial charge in [-0.1, -0.05) is 24.8 Å². The van der Waals surface area contributed by atoms with Gasteiger partial charge in [-0.05, 0) is 38.5 Å². The molecule has 26 heavy (non-hydrogen) atoms. The van der Waals surface area contributed by atoms with Crippen LogP contribution in [0.4, 0.5) is 4.79 Å². The van der Waals surface area contributed by atoms with Crippen molar-refractivity contribution in [2.24, 2.45) is 0 Å². The van der Waals surface area contributed by atoms with Crippen molar-refractivity contribution in [3.8, 4) is 6.07 Å². The minimum absolute atomic E-state index is 0.0130. The van der Waals surface area contributed by atoms with Crippen molar-refractivity contribution < 1.29 is 23.8 Å². The summed E-state index contributed by atoms with van der Waals surface area (Å²) in [4.78, 5) is 23.5. The third-order valence-corrected chi connectivity index (χ3v) is 2.90. The first kappa shape index (κ1) is 21.2. The molecular formula is C19H24N2O5. The molecule has 0 unspecified atom stereocenters. The van der Waals surface area contributed by atoms with Crippen molar-refractivity contribution >= 4 is 12.1 Å². The highest BCUT2D eigenvalue weighted by Crippen LogP contribution is 2.09. The fourth-order valence-corrected chi connectivity index (χ4v) is 1.86. The van der Waals surface area contributed by atoms with Crippen molar-refractivity contribution in [2.75, 3.05) is 13.2 Å². The van der Waals surface area contributed by atoms with Gasteiger partial charge in [0, 0.05) is 0 Å². The van der Waals surface area contributed by atoms with E-state index in [2.05, 4.69) is 11.9 Å². The number of carbonyl (C=O) groups is 2. The number of esters is 1. The molecule has 0 heterocycles. The summed E-state index contributed by atoms with van der Waals surface area (Å²) in [6, 6.07) is 7.88. The van der Waals surface area contributed by atoms with Gasteiger partial charge in [-0.25, -0.2) is 9.59 Å². The zero-order valence-electron chi connectivity index (χ0n) is 15.3. The summed E-state index contributed by atoms with van der Waals surface area (Å²) >= 11 is 0. The van der Waals surface area contributed by atoms with Crippen molar-refractivity contribution in [1.82, 2.24) is 5.32 Å². The number of amides is 1. The lowest BCUT2D eigenvalue weighted by molar-refractivity contribution is 0.0460. The number of benzene rings is 1. The average Bonchev–Trinajstić information content (AvgIpc) is 2.57. The molecule has 0 spiro atoms. The third-order valence-electron chi connectivity index (χ3n) is 2.90. The molecule has 0 aliphatic heterocycles. The molecule has 140 valence electrons. The number of hydrogen-bond acceptors (Lipinski definition) is 6. The number of ether oxygens (including phenoxy) is 3. The summed E-state index contributed by atoms with van der Waals surface area (Å²) in [6.45, 7) is 8.99. The van der Waals surface area contributed by atoms with Crippen LogP contribution < -0.4 is 5.32 Å². The SMILES string of the molecule is C=CCOC(=O)c1cccc(COC[C@@H](C#N)NC(=O)OC(C)(C)C)c1. The van der Waals surface area contributed by atoms with E-state index in [1.807, 2.05) is 6.07 Å². The van der Waals surface area contributed by atoms with Crippen LogP contribution in [0.15, 0.2) is 36.9 Å². The van der Waals surface area contributed by atoms with Gasteiger partial charge in [0.05, 0.1) is 24.8 Å². The molecule has 0 radical (unpaired) electrons. The highest BCUT2D eigenvalue weighted by Gasteiger charge is 2.19. The largest absolute Gasteiger partial charge is 0.458 e. The summed E-state index contributed by atoms with van der Waals surface area (Å²) in [5.74, 6) is -0.451. The van der Waals surface area contributed by atoms with Gasteiger partial charge in [0.2, 0.25) is 0 Å². The molecule has 0 saturated carbocycles. The van der Waals surface area contributed by atoms with Crippen LogP contribution >= 0.6 is 0 Å². The smallest absolute Gasteiger partial charge is 0.408 e. The summed E-state index contributed by atoms with van der Waals surface area (Å²) in [6.07, 6.45) is 0.810. The lowest BCUT2D eigenvalue weighted by atomic mass is 10.1. The lowest BCUT2D eigenvalue weighted by Gasteiger charge is -2.21. The first-order valence-electron chi connectivity index (χ1n) is 8.09. The minimum Gasteiger partial charge on any atom is -0.458 e. The van der Waals surface area contributed by atoms with E-state index in [1.165, 1.54) is 6.08 Å². The molecule has 7 heteroatoms. The minimum atomic E-state index is -0.842.